The molecule has 0 saturated heterocycles. The van der Waals surface area contributed by atoms with E-state index in [1.807, 2.05) is 31.1 Å². The number of thiazole rings is 1. The molecule has 1 aliphatic heterocycles. The largest absolute Gasteiger partial charge is 0.485 e. The molecule has 0 saturated carbocycles. The van der Waals surface area contributed by atoms with E-state index in [0.717, 1.165) is 0 Å². The van der Waals surface area contributed by atoms with Gasteiger partial charge >= 0.3 is 0 Å². The summed E-state index contributed by atoms with van der Waals surface area (Å²) in [5.74, 6) is 0.505. The number of amides is 1. The van der Waals surface area contributed by atoms with Crippen molar-refractivity contribution < 1.29 is 18.7 Å². The van der Waals surface area contributed by atoms with Crippen LogP contribution in [0.25, 0.3) is 10.2 Å². The maximum Gasteiger partial charge on any atom is 0.273 e. The summed E-state index contributed by atoms with van der Waals surface area (Å²) < 4.78 is 26.3. The zero-order valence-corrected chi connectivity index (χ0v) is 16.4. The highest BCUT2D eigenvalue weighted by atomic mass is 32.1. The molecule has 1 aromatic heterocycles. The molecule has 0 fully saturated rings. The number of benzene rings is 2. The van der Waals surface area contributed by atoms with E-state index < -0.39 is 11.9 Å². The first-order valence-electron chi connectivity index (χ1n) is 8.92. The number of aromatic nitrogens is 1. The molecule has 146 valence electrons. The molecule has 1 amide bonds. The summed E-state index contributed by atoms with van der Waals surface area (Å²) in [6, 6.07) is 12.1. The molecule has 0 radical (unpaired) electrons. The minimum Gasteiger partial charge on any atom is -0.485 e. The topological polar surface area (TPSA) is 54.9 Å². The van der Waals surface area contributed by atoms with Crippen molar-refractivity contribution in [2.24, 2.45) is 0 Å². The standard InChI is InChI=1S/C20H20FN3O3S/c1-23(2)10-11-24(20-22-18-13(21)6-5-9-17(18)28-20)19(25)16-12-26-14-7-3-4-8-15(14)27-16/h3-9,16H,10-12H2,1-2H3/t16-/m1/s1. The van der Waals surface area contributed by atoms with Crippen molar-refractivity contribution in [3.8, 4) is 11.5 Å². The smallest absolute Gasteiger partial charge is 0.273 e. The van der Waals surface area contributed by atoms with Gasteiger partial charge in [0.2, 0.25) is 6.10 Å². The van der Waals surface area contributed by atoms with E-state index in [4.69, 9.17) is 9.47 Å². The fourth-order valence-electron chi connectivity index (χ4n) is 2.93. The highest BCUT2D eigenvalue weighted by Gasteiger charge is 2.33. The molecule has 0 spiro atoms. The van der Waals surface area contributed by atoms with Crippen molar-refractivity contribution in [1.82, 2.24) is 9.88 Å². The van der Waals surface area contributed by atoms with E-state index in [2.05, 4.69) is 4.98 Å². The van der Waals surface area contributed by atoms with Crippen LogP contribution in [-0.4, -0.2) is 55.7 Å². The second-order valence-electron chi connectivity index (χ2n) is 6.74. The van der Waals surface area contributed by atoms with Gasteiger partial charge in [-0.15, -0.1) is 0 Å². The number of carbonyl (C=O) groups is 1. The fraction of sp³-hybridized carbons (Fsp3) is 0.300. The molecule has 2 aromatic carbocycles. The monoisotopic (exact) mass is 401 g/mol. The predicted octanol–water partition coefficient (Wildman–Crippen LogP) is 3.17. The first-order chi connectivity index (χ1) is 13.5. The number of para-hydroxylation sites is 3. The van der Waals surface area contributed by atoms with E-state index in [0.29, 0.717) is 34.4 Å². The lowest BCUT2D eigenvalue weighted by Crippen LogP contribution is -2.48. The van der Waals surface area contributed by atoms with Crippen LogP contribution in [0.1, 0.15) is 0 Å². The summed E-state index contributed by atoms with van der Waals surface area (Å²) in [5, 5.41) is 0.453. The van der Waals surface area contributed by atoms with Crippen LogP contribution in [0.3, 0.4) is 0 Å². The molecule has 2 heterocycles. The SMILES string of the molecule is CN(C)CCN(C(=O)[C@H]1COc2ccccc2O1)c1nc2c(F)cccc2s1. The summed E-state index contributed by atoms with van der Waals surface area (Å²) in [6.45, 7) is 1.16. The van der Waals surface area contributed by atoms with Crippen molar-refractivity contribution in [2.45, 2.75) is 6.10 Å². The molecule has 0 aliphatic carbocycles. The van der Waals surface area contributed by atoms with E-state index >= 15 is 0 Å². The van der Waals surface area contributed by atoms with Gasteiger partial charge in [0, 0.05) is 13.1 Å². The van der Waals surface area contributed by atoms with E-state index in [-0.39, 0.29) is 18.0 Å². The van der Waals surface area contributed by atoms with Crippen LogP contribution in [0.4, 0.5) is 9.52 Å². The first-order valence-corrected chi connectivity index (χ1v) is 9.74. The van der Waals surface area contributed by atoms with Crippen LogP contribution >= 0.6 is 11.3 Å². The Balaban J connectivity index is 1.63. The van der Waals surface area contributed by atoms with Gasteiger partial charge in [-0.3, -0.25) is 9.69 Å². The summed E-state index contributed by atoms with van der Waals surface area (Å²) in [4.78, 5) is 21.2. The van der Waals surface area contributed by atoms with Crippen LogP contribution < -0.4 is 14.4 Å². The van der Waals surface area contributed by atoms with E-state index in [9.17, 15) is 9.18 Å². The Kier molecular flexibility index (Phi) is 5.15. The predicted molar refractivity (Wildman–Crippen MR) is 107 cm³/mol. The third-order valence-electron chi connectivity index (χ3n) is 4.41. The second kappa shape index (κ2) is 7.73. The number of carbonyl (C=O) groups excluding carboxylic acids is 1. The molecule has 8 heteroatoms. The van der Waals surface area contributed by atoms with Crippen molar-refractivity contribution in [3.05, 3.63) is 48.3 Å². The number of rotatable bonds is 5. The molecule has 1 atom stereocenters. The van der Waals surface area contributed by atoms with Crippen LogP contribution in [-0.2, 0) is 4.79 Å². The number of fused-ring (bicyclic) bond motifs is 2. The number of ether oxygens (including phenoxy) is 2. The summed E-state index contributed by atoms with van der Waals surface area (Å²) in [6.07, 6.45) is -0.783. The maximum absolute atomic E-state index is 14.1. The van der Waals surface area contributed by atoms with E-state index in [1.54, 1.807) is 29.2 Å². The van der Waals surface area contributed by atoms with Crippen molar-refractivity contribution in [1.29, 1.82) is 0 Å². The number of nitrogens with zero attached hydrogens (tertiary/aromatic N) is 3. The molecule has 6 nitrogen and oxygen atoms in total. The Hall–Kier alpha value is -2.71. The third kappa shape index (κ3) is 3.65. The molecule has 0 N–H and O–H groups in total. The molecule has 0 unspecified atom stereocenters. The molecule has 4 rings (SSSR count). The lowest BCUT2D eigenvalue weighted by Gasteiger charge is -2.30. The van der Waals surface area contributed by atoms with E-state index in [1.165, 1.54) is 17.4 Å². The van der Waals surface area contributed by atoms with Gasteiger partial charge in [-0.25, -0.2) is 9.37 Å². The maximum atomic E-state index is 14.1. The lowest BCUT2D eigenvalue weighted by atomic mass is 10.2. The Labute approximate surface area is 166 Å². The Morgan fingerprint density at radius 2 is 1.96 bits per heavy atom. The molecule has 3 aromatic rings. The van der Waals surface area contributed by atoms with Crippen LogP contribution in [0.2, 0.25) is 0 Å². The molecular weight excluding hydrogens is 381 g/mol. The molecular formula is C20H20FN3O3S. The summed E-state index contributed by atoms with van der Waals surface area (Å²) >= 11 is 1.29. The van der Waals surface area contributed by atoms with Crippen molar-refractivity contribution in [2.75, 3.05) is 38.7 Å². The minimum absolute atomic E-state index is 0.119. The zero-order chi connectivity index (χ0) is 19.7. The number of anilines is 1. The Morgan fingerprint density at radius 3 is 2.71 bits per heavy atom. The molecule has 0 bridgehead atoms. The van der Waals surface area contributed by atoms with Crippen LogP contribution in [0, 0.1) is 5.82 Å². The lowest BCUT2D eigenvalue weighted by molar-refractivity contribution is -0.127. The van der Waals surface area contributed by atoms with Gasteiger partial charge in [-0.2, -0.15) is 0 Å². The second-order valence-corrected chi connectivity index (χ2v) is 7.75. The molecule has 28 heavy (non-hydrogen) atoms. The van der Waals surface area contributed by atoms with Gasteiger partial charge in [0.25, 0.3) is 5.91 Å². The Bertz CT molecular complexity index is 1010. The van der Waals surface area contributed by atoms with Gasteiger partial charge in [0.1, 0.15) is 17.9 Å². The van der Waals surface area contributed by atoms with Crippen LogP contribution in [0.5, 0.6) is 11.5 Å². The minimum atomic E-state index is -0.783. The average Bonchev–Trinajstić information content (AvgIpc) is 3.12. The number of halogens is 1. The average molecular weight is 401 g/mol. The van der Waals surface area contributed by atoms with Gasteiger partial charge in [0.05, 0.1) is 4.70 Å². The third-order valence-corrected chi connectivity index (χ3v) is 5.45. The normalized spacial score (nSPS) is 15.8. The van der Waals surface area contributed by atoms with Gasteiger partial charge < -0.3 is 14.4 Å². The zero-order valence-electron chi connectivity index (χ0n) is 15.6. The van der Waals surface area contributed by atoms with Gasteiger partial charge in [-0.1, -0.05) is 29.5 Å². The number of likely N-dealkylation sites (N-methyl/N-ethyl adjacent to an activating group) is 1. The fourth-order valence-corrected chi connectivity index (χ4v) is 3.95. The number of hydrogen-bond donors (Lipinski definition) is 0. The van der Waals surface area contributed by atoms with Gasteiger partial charge in [0.15, 0.2) is 16.6 Å². The highest BCUT2D eigenvalue weighted by molar-refractivity contribution is 7.22. The quantitative estimate of drug-likeness (QED) is 0.657. The Morgan fingerprint density at radius 1 is 1.18 bits per heavy atom. The number of hydrogen-bond acceptors (Lipinski definition) is 6. The molecule has 1 aliphatic rings. The first kappa shape index (κ1) is 18.6. The summed E-state index contributed by atoms with van der Waals surface area (Å²) in [7, 11) is 3.86. The van der Waals surface area contributed by atoms with Crippen LogP contribution in [0.15, 0.2) is 42.5 Å². The van der Waals surface area contributed by atoms with Gasteiger partial charge in [-0.05, 0) is 38.4 Å². The highest BCUT2D eigenvalue weighted by Crippen LogP contribution is 2.34. The van der Waals surface area contributed by atoms with Crippen molar-refractivity contribution in [3.63, 3.8) is 0 Å². The summed E-state index contributed by atoms with van der Waals surface area (Å²) in [5.41, 5.74) is 0.274. The van der Waals surface area contributed by atoms with Crippen molar-refractivity contribution >= 4 is 32.6 Å².